The summed E-state index contributed by atoms with van der Waals surface area (Å²) in [6.45, 7) is 1.48. The summed E-state index contributed by atoms with van der Waals surface area (Å²) >= 11 is 0. The van der Waals surface area contributed by atoms with Crippen molar-refractivity contribution >= 4 is 17.4 Å². The molecule has 1 fully saturated rings. The zero-order valence-corrected chi connectivity index (χ0v) is 17.7. The summed E-state index contributed by atoms with van der Waals surface area (Å²) in [5.74, 6) is 2.61. The van der Waals surface area contributed by atoms with E-state index in [4.69, 9.17) is 14.5 Å². The van der Waals surface area contributed by atoms with E-state index in [1.54, 1.807) is 32.5 Å². The Morgan fingerprint density at radius 1 is 1.06 bits per heavy atom. The van der Waals surface area contributed by atoms with Gasteiger partial charge in [0.1, 0.15) is 5.82 Å². The quantitative estimate of drug-likeness (QED) is 0.652. The van der Waals surface area contributed by atoms with Gasteiger partial charge < -0.3 is 19.7 Å². The number of hydrogen-bond donors (Lipinski definition) is 1. The molecule has 0 saturated carbocycles. The Hall–Kier alpha value is -3.61. The van der Waals surface area contributed by atoms with E-state index in [9.17, 15) is 4.79 Å². The van der Waals surface area contributed by atoms with Crippen LogP contribution in [0.5, 0.6) is 11.5 Å². The third-order valence-corrected chi connectivity index (χ3v) is 5.44. The van der Waals surface area contributed by atoms with Gasteiger partial charge in [-0.1, -0.05) is 30.3 Å². The molecule has 1 aliphatic rings. The van der Waals surface area contributed by atoms with Crippen molar-refractivity contribution in [1.29, 1.82) is 0 Å². The number of nitrogens with zero attached hydrogens (tertiary/aromatic N) is 3. The van der Waals surface area contributed by atoms with E-state index >= 15 is 0 Å². The average Bonchev–Trinajstić information content (AvgIpc) is 2.84. The predicted octanol–water partition coefficient (Wildman–Crippen LogP) is 4.02. The number of hydrogen-bond acceptors (Lipinski definition) is 6. The van der Waals surface area contributed by atoms with Crippen LogP contribution in [0.2, 0.25) is 0 Å². The van der Waals surface area contributed by atoms with Crippen LogP contribution in [0.1, 0.15) is 12.8 Å². The lowest BCUT2D eigenvalue weighted by Crippen LogP contribution is -2.41. The molecule has 0 spiro atoms. The van der Waals surface area contributed by atoms with E-state index in [1.807, 2.05) is 42.5 Å². The number of amides is 1. The molecule has 1 atom stereocenters. The minimum absolute atomic E-state index is 0.00532. The molecule has 1 amide bonds. The molecule has 7 nitrogen and oxygen atoms in total. The number of aromatic nitrogens is 2. The molecule has 7 heteroatoms. The van der Waals surface area contributed by atoms with Crippen LogP contribution in [0, 0.1) is 5.92 Å². The van der Waals surface area contributed by atoms with Crippen LogP contribution in [0.4, 0.5) is 11.5 Å². The van der Waals surface area contributed by atoms with Crippen LogP contribution in [0.15, 0.2) is 60.8 Å². The first-order valence-corrected chi connectivity index (χ1v) is 10.3. The van der Waals surface area contributed by atoms with E-state index in [1.165, 1.54) is 0 Å². The lowest BCUT2D eigenvalue weighted by Gasteiger charge is -2.33. The van der Waals surface area contributed by atoms with Crippen molar-refractivity contribution in [2.24, 2.45) is 5.92 Å². The number of ether oxygens (including phenoxy) is 2. The Morgan fingerprint density at radius 2 is 1.87 bits per heavy atom. The smallest absolute Gasteiger partial charge is 0.229 e. The Balaban J connectivity index is 1.46. The summed E-state index contributed by atoms with van der Waals surface area (Å²) < 4.78 is 10.6. The number of piperidine rings is 1. The zero-order valence-electron chi connectivity index (χ0n) is 17.7. The van der Waals surface area contributed by atoms with Crippen LogP contribution in [0.3, 0.4) is 0 Å². The zero-order chi connectivity index (χ0) is 21.6. The minimum Gasteiger partial charge on any atom is -0.493 e. The van der Waals surface area contributed by atoms with Gasteiger partial charge >= 0.3 is 0 Å². The van der Waals surface area contributed by atoms with Crippen molar-refractivity contribution in [3.8, 4) is 22.9 Å². The van der Waals surface area contributed by atoms with E-state index in [-0.39, 0.29) is 11.8 Å². The van der Waals surface area contributed by atoms with Crippen LogP contribution < -0.4 is 19.7 Å². The fourth-order valence-electron chi connectivity index (χ4n) is 3.81. The van der Waals surface area contributed by atoms with Gasteiger partial charge in [-0.05, 0) is 31.0 Å². The predicted molar refractivity (Wildman–Crippen MR) is 121 cm³/mol. The van der Waals surface area contributed by atoms with Gasteiger partial charge in [-0.15, -0.1) is 0 Å². The monoisotopic (exact) mass is 418 g/mol. The molecular weight excluding hydrogens is 392 g/mol. The van der Waals surface area contributed by atoms with Gasteiger partial charge in [-0.3, -0.25) is 4.79 Å². The summed E-state index contributed by atoms with van der Waals surface area (Å²) in [6, 6.07) is 17.2. The topological polar surface area (TPSA) is 76.6 Å². The molecule has 0 aliphatic carbocycles. The molecule has 1 aliphatic heterocycles. The number of carbonyl (C=O) groups is 1. The van der Waals surface area contributed by atoms with E-state index in [0.717, 1.165) is 30.8 Å². The van der Waals surface area contributed by atoms with E-state index in [2.05, 4.69) is 15.2 Å². The number of anilines is 2. The Bertz CT molecular complexity index is 1040. The van der Waals surface area contributed by atoms with Crippen molar-refractivity contribution in [3.05, 3.63) is 60.8 Å². The number of carbonyl (C=O) groups excluding carboxylic acids is 1. The highest BCUT2D eigenvalue weighted by atomic mass is 16.5. The fourth-order valence-corrected chi connectivity index (χ4v) is 3.81. The number of nitrogens with one attached hydrogen (secondary N) is 1. The van der Waals surface area contributed by atoms with Crippen LogP contribution in [-0.4, -0.2) is 43.2 Å². The van der Waals surface area contributed by atoms with Crippen molar-refractivity contribution in [2.75, 3.05) is 37.5 Å². The normalized spacial score (nSPS) is 15.9. The molecule has 0 unspecified atom stereocenters. The molecule has 4 rings (SSSR count). The van der Waals surface area contributed by atoms with Gasteiger partial charge in [-0.25, -0.2) is 9.97 Å². The highest BCUT2D eigenvalue weighted by Crippen LogP contribution is 2.30. The minimum atomic E-state index is -0.128. The van der Waals surface area contributed by atoms with Gasteiger partial charge in [0.25, 0.3) is 0 Å². The van der Waals surface area contributed by atoms with Crippen molar-refractivity contribution < 1.29 is 14.3 Å². The standard InChI is InChI=1S/C24H26N4O3/c1-30-20-11-10-19(15-21(20)31-2)26-24(29)18-9-6-14-28(16-18)22-12-13-25-23(27-22)17-7-4-3-5-8-17/h3-5,7-8,10-13,15,18H,6,9,14,16H2,1-2H3,(H,26,29)/t18-/m1/s1. The second-order valence-corrected chi connectivity index (χ2v) is 7.45. The van der Waals surface area contributed by atoms with Crippen molar-refractivity contribution in [2.45, 2.75) is 12.8 Å². The first-order valence-electron chi connectivity index (χ1n) is 10.3. The summed E-state index contributed by atoms with van der Waals surface area (Å²) in [6.07, 6.45) is 3.54. The molecule has 0 bridgehead atoms. The molecule has 0 radical (unpaired) electrons. The first kappa shape index (κ1) is 20.7. The summed E-state index contributed by atoms with van der Waals surface area (Å²) in [4.78, 5) is 24.3. The number of methoxy groups -OCH3 is 2. The van der Waals surface area contributed by atoms with Crippen LogP contribution in [-0.2, 0) is 4.79 Å². The van der Waals surface area contributed by atoms with E-state index in [0.29, 0.717) is 29.6 Å². The van der Waals surface area contributed by atoms with Gasteiger partial charge in [-0.2, -0.15) is 0 Å². The molecule has 31 heavy (non-hydrogen) atoms. The largest absolute Gasteiger partial charge is 0.493 e. The fraction of sp³-hybridized carbons (Fsp3) is 0.292. The van der Waals surface area contributed by atoms with Crippen LogP contribution in [0.25, 0.3) is 11.4 Å². The molecule has 1 aromatic heterocycles. The highest BCUT2D eigenvalue weighted by Gasteiger charge is 2.27. The summed E-state index contributed by atoms with van der Waals surface area (Å²) in [5.41, 5.74) is 1.66. The Kier molecular flexibility index (Phi) is 6.31. The van der Waals surface area contributed by atoms with Gasteiger partial charge in [0.15, 0.2) is 17.3 Å². The van der Waals surface area contributed by atoms with Gasteiger partial charge in [0, 0.05) is 36.6 Å². The lowest BCUT2D eigenvalue weighted by atomic mass is 9.97. The highest BCUT2D eigenvalue weighted by molar-refractivity contribution is 5.93. The number of rotatable bonds is 6. The average molecular weight is 418 g/mol. The second kappa shape index (κ2) is 9.47. The molecule has 1 N–H and O–H groups in total. The van der Waals surface area contributed by atoms with Crippen molar-refractivity contribution in [3.63, 3.8) is 0 Å². The van der Waals surface area contributed by atoms with Crippen LogP contribution >= 0.6 is 0 Å². The summed E-state index contributed by atoms with van der Waals surface area (Å²) in [5, 5.41) is 3.01. The first-order chi connectivity index (χ1) is 15.2. The Morgan fingerprint density at radius 3 is 2.65 bits per heavy atom. The lowest BCUT2D eigenvalue weighted by molar-refractivity contribution is -0.120. The molecular formula is C24H26N4O3. The maximum Gasteiger partial charge on any atom is 0.229 e. The third-order valence-electron chi connectivity index (χ3n) is 5.44. The molecule has 3 aromatic rings. The SMILES string of the molecule is COc1ccc(NC(=O)[C@@H]2CCCN(c3ccnc(-c4ccccc4)n3)C2)cc1OC. The van der Waals surface area contributed by atoms with Gasteiger partial charge in [0.05, 0.1) is 20.1 Å². The van der Waals surface area contributed by atoms with E-state index < -0.39 is 0 Å². The van der Waals surface area contributed by atoms with Gasteiger partial charge in [0.2, 0.25) is 5.91 Å². The molecule has 1 saturated heterocycles. The second-order valence-electron chi connectivity index (χ2n) is 7.45. The summed E-state index contributed by atoms with van der Waals surface area (Å²) in [7, 11) is 3.16. The van der Waals surface area contributed by atoms with Crippen molar-refractivity contribution in [1.82, 2.24) is 9.97 Å². The molecule has 160 valence electrons. The number of benzene rings is 2. The Labute approximate surface area is 182 Å². The molecule has 2 aromatic carbocycles. The maximum absolute atomic E-state index is 12.9. The maximum atomic E-state index is 12.9. The third kappa shape index (κ3) is 4.77. The molecule has 2 heterocycles.